The van der Waals surface area contributed by atoms with Crippen LogP contribution in [0.3, 0.4) is 0 Å². The van der Waals surface area contributed by atoms with Crippen molar-refractivity contribution in [3.8, 4) is 17.1 Å². The standard InChI is InChI=1S/C24H27N3O3/c1-17-3-5-18(6-4-17)16-23(28)27-13-11-19(12-14-27)15-22-25-24(26-30-22)20-7-9-21(29-2)10-8-20/h3-10,19H,11-16H2,1-2H3. The van der Waals surface area contributed by atoms with Crippen LogP contribution in [0.1, 0.15) is 29.9 Å². The summed E-state index contributed by atoms with van der Waals surface area (Å²) in [5, 5.41) is 4.11. The summed E-state index contributed by atoms with van der Waals surface area (Å²) < 4.78 is 10.7. The second-order valence-electron chi connectivity index (χ2n) is 7.93. The van der Waals surface area contributed by atoms with Gasteiger partial charge in [-0.25, -0.2) is 0 Å². The maximum absolute atomic E-state index is 12.6. The Bertz CT molecular complexity index is 972. The van der Waals surface area contributed by atoms with Gasteiger partial charge in [-0.2, -0.15) is 4.98 Å². The van der Waals surface area contributed by atoms with Crippen LogP contribution in [0.4, 0.5) is 0 Å². The highest BCUT2D eigenvalue weighted by Crippen LogP contribution is 2.24. The topological polar surface area (TPSA) is 68.5 Å². The number of methoxy groups -OCH3 is 1. The van der Waals surface area contributed by atoms with Gasteiger partial charge in [0.25, 0.3) is 0 Å². The van der Waals surface area contributed by atoms with Gasteiger partial charge in [-0.15, -0.1) is 0 Å². The number of carbonyl (C=O) groups excluding carboxylic acids is 1. The first-order valence-electron chi connectivity index (χ1n) is 10.4. The molecule has 0 atom stereocenters. The Morgan fingerprint density at radius 1 is 1.10 bits per heavy atom. The van der Waals surface area contributed by atoms with Gasteiger partial charge in [-0.05, 0) is 55.5 Å². The number of carbonyl (C=O) groups is 1. The number of piperidine rings is 1. The molecule has 0 radical (unpaired) electrons. The molecule has 0 bridgehead atoms. The summed E-state index contributed by atoms with van der Waals surface area (Å²) in [7, 11) is 1.64. The van der Waals surface area contributed by atoms with E-state index in [9.17, 15) is 4.79 Å². The van der Waals surface area contributed by atoms with Crippen molar-refractivity contribution in [3.63, 3.8) is 0 Å². The highest BCUT2D eigenvalue weighted by Gasteiger charge is 2.24. The first kappa shape index (κ1) is 20.1. The molecule has 1 amide bonds. The van der Waals surface area contributed by atoms with Gasteiger partial charge in [-0.3, -0.25) is 4.79 Å². The lowest BCUT2D eigenvalue weighted by Crippen LogP contribution is -2.39. The number of hydrogen-bond acceptors (Lipinski definition) is 5. The minimum absolute atomic E-state index is 0.205. The molecule has 2 aromatic carbocycles. The minimum atomic E-state index is 0.205. The lowest BCUT2D eigenvalue weighted by Gasteiger charge is -2.31. The van der Waals surface area contributed by atoms with E-state index in [2.05, 4.69) is 29.2 Å². The number of ether oxygens (including phenoxy) is 1. The number of aryl methyl sites for hydroxylation is 1. The molecule has 0 unspecified atom stereocenters. The first-order valence-corrected chi connectivity index (χ1v) is 10.4. The van der Waals surface area contributed by atoms with E-state index in [4.69, 9.17) is 9.26 Å². The Labute approximate surface area is 176 Å². The molecule has 0 N–H and O–H groups in total. The highest BCUT2D eigenvalue weighted by atomic mass is 16.5. The number of hydrogen-bond donors (Lipinski definition) is 0. The normalized spacial score (nSPS) is 14.7. The van der Waals surface area contributed by atoms with E-state index in [1.54, 1.807) is 7.11 Å². The molecule has 1 saturated heterocycles. The second-order valence-corrected chi connectivity index (χ2v) is 7.93. The Hall–Kier alpha value is -3.15. The van der Waals surface area contributed by atoms with Crippen LogP contribution in [0.2, 0.25) is 0 Å². The van der Waals surface area contributed by atoms with Gasteiger partial charge in [0, 0.05) is 25.1 Å². The van der Waals surface area contributed by atoms with Crippen LogP contribution in [-0.4, -0.2) is 41.1 Å². The Kier molecular flexibility index (Phi) is 6.12. The van der Waals surface area contributed by atoms with E-state index in [-0.39, 0.29) is 5.91 Å². The third kappa shape index (κ3) is 4.87. The van der Waals surface area contributed by atoms with E-state index in [1.165, 1.54) is 5.56 Å². The minimum Gasteiger partial charge on any atom is -0.497 e. The van der Waals surface area contributed by atoms with Crippen LogP contribution in [0.25, 0.3) is 11.4 Å². The van der Waals surface area contributed by atoms with Crippen molar-refractivity contribution in [1.29, 1.82) is 0 Å². The fourth-order valence-corrected chi connectivity index (χ4v) is 3.82. The van der Waals surface area contributed by atoms with E-state index < -0.39 is 0 Å². The fourth-order valence-electron chi connectivity index (χ4n) is 3.82. The first-order chi connectivity index (χ1) is 14.6. The van der Waals surface area contributed by atoms with Crippen molar-refractivity contribution in [1.82, 2.24) is 15.0 Å². The molecule has 1 aromatic heterocycles. The fraction of sp³-hybridized carbons (Fsp3) is 0.375. The van der Waals surface area contributed by atoms with Gasteiger partial charge in [-0.1, -0.05) is 35.0 Å². The third-order valence-corrected chi connectivity index (χ3v) is 5.72. The molecule has 30 heavy (non-hydrogen) atoms. The summed E-state index contributed by atoms with van der Waals surface area (Å²) in [5.74, 6) is 2.71. The molecule has 0 saturated carbocycles. The van der Waals surface area contributed by atoms with Crippen molar-refractivity contribution in [2.45, 2.75) is 32.6 Å². The molecule has 1 aliphatic rings. The Morgan fingerprint density at radius 2 is 1.80 bits per heavy atom. The van der Waals surface area contributed by atoms with Gasteiger partial charge in [0.2, 0.25) is 17.6 Å². The van der Waals surface area contributed by atoms with Gasteiger partial charge in [0.15, 0.2) is 0 Å². The predicted molar refractivity (Wildman–Crippen MR) is 114 cm³/mol. The van der Waals surface area contributed by atoms with Crippen LogP contribution in [0.5, 0.6) is 5.75 Å². The number of benzene rings is 2. The van der Waals surface area contributed by atoms with Crippen LogP contribution in [0, 0.1) is 12.8 Å². The molecule has 0 spiro atoms. The number of nitrogens with zero attached hydrogens (tertiary/aromatic N) is 3. The molecule has 1 aliphatic heterocycles. The smallest absolute Gasteiger partial charge is 0.227 e. The number of amides is 1. The third-order valence-electron chi connectivity index (χ3n) is 5.72. The summed E-state index contributed by atoms with van der Waals surface area (Å²) in [6.07, 6.45) is 3.14. The van der Waals surface area contributed by atoms with Crippen molar-refractivity contribution in [3.05, 3.63) is 65.5 Å². The average Bonchev–Trinajstić information content (AvgIpc) is 3.24. The second kappa shape index (κ2) is 9.11. The van der Waals surface area contributed by atoms with Crippen molar-refractivity contribution in [2.75, 3.05) is 20.2 Å². The van der Waals surface area contributed by atoms with Gasteiger partial charge < -0.3 is 14.2 Å². The lowest BCUT2D eigenvalue weighted by molar-refractivity contribution is -0.131. The molecule has 0 aliphatic carbocycles. The number of rotatable bonds is 6. The summed E-state index contributed by atoms with van der Waals surface area (Å²) >= 11 is 0. The predicted octanol–water partition coefficient (Wildman–Crippen LogP) is 4.08. The monoisotopic (exact) mass is 405 g/mol. The van der Waals surface area contributed by atoms with Crippen molar-refractivity contribution in [2.24, 2.45) is 5.92 Å². The quantitative estimate of drug-likeness (QED) is 0.618. The van der Waals surface area contributed by atoms with Gasteiger partial charge in [0.05, 0.1) is 13.5 Å². The van der Waals surface area contributed by atoms with Gasteiger partial charge >= 0.3 is 0 Å². The zero-order valence-electron chi connectivity index (χ0n) is 17.5. The van der Waals surface area contributed by atoms with E-state index in [0.717, 1.165) is 49.2 Å². The molecule has 3 aromatic rings. The number of likely N-dealkylation sites (tertiary alicyclic amines) is 1. The van der Waals surface area contributed by atoms with Crippen LogP contribution in [-0.2, 0) is 17.6 Å². The largest absolute Gasteiger partial charge is 0.497 e. The Balaban J connectivity index is 1.28. The molecular formula is C24H27N3O3. The van der Waals surface area contributed by atoms with Gasteiger partial charge in [0.1, 0.15) is 5.75 Å². The Morgan fingerprint density at radius 3 is 2.47 bits per heavy atom. The molecule has 4 rings (SSSR count). The average molecular weight is 405 g/mol. The zero-order valence-corrected chi connectivity index (χ0v) is 17.5. The van der Waals surface area contributed by atoms with Crippen LogP contribution < -0.4 is 4.74 Å². The summed E-state index contributed by atoms with van der Waals surface area (Å²) in [6, 6.07) is 15.8. The summed E-state index contributed by atoms with van der Waals surface area (Å²) in [4.78, 5) is 19.1. The zero-order chi connectivity index (χ0) is 20.9. The molecule has 1 fully saturated rings. The van der Waals surface area contributed by atoms with Crippen molar-refractivity contribution < 1.29 is 14.1 Å². The highest BCUT2D eigenvalue weighted by molar-refractivity contribution is 5.78. The molecule has 6 nitrogen and oxygen atoms in total. The summed E-state index contributed by atoms with van der Waals surface area (Å²) in [6.45, 7) is 3.63. The lowest BCUT2D eigenvalue weighted by atomic mass is 9.93. The maximum atomic E-state index is 12.6. The number of aromatic nitrogens is 2. The van der Waals surface area contributed by atoms with E-state index in [0.29, 0.717) is 24.1 Å². The molecule has 156 valence electrons. The summed E-state index contributed by atoms with van der Waals surface area (Å²) in [5.41, 5.74) is 3.19. The maximum Gasteiger partial charge on any atom is 0.227 e. The molecular weight excluding hydrogens is 378 g/mol. The van der Waals surface area contributed by atoms with E-state index in [1.807, 2.05) is 41.3 Å². The SMILES string of the molecule is COc1ccc(-c2noc(CC3CCN(C(=O)Cc4ccc(C)cc4)CC3)n2)cc1. The van der Waals surface area contributed by atoms with E-state index >= 15 is 0 Å². The van der Waals surface area contributed by atoms with Crippen molar-refractivity contribution >= 4 is 5.91 Å². The molecule has 6 heteroatoms. The van der Waals surface area contributed by atoms with Crippen LogP contribution >= 0.6 is 0 Å². The van der Waals surface area contributed by atoms with Crippen LogP contribution in [0.15, 0.2) is 53.1 Å². The molecule has 2 heterocycles.